The van der Waals surface area contributed by atoms with E-state index in [9.17, 15) is 9.59 Å². The molecule has 1 aliphatic heterocycles. The number of aromatic nitrogens is 1. The molecule has 26 heavy (non-hydrogen) atoms. The topological polar surface area (TPSA) is 62.3 Å². The lowest BCUT2D eigenvalue weighted by Crippen LogP contribution is -2.56. The van der Waals surface area contributed by atoms with Gasteiger partial charge in [-0.1, -0.05) is 0 Å². The first-order valence-corrected chi connectivity index (χ1v) is 10.9. The summed E-state index contributed by atoms with van der Waals surface area (Å²) in [4.78, 5) is 33.7. The Kier molecular flexibility index (Phi) is 3.89. The first-order valence-electron chi connectivity index (χ1n) is 10.1. The number of carbonyl (C=O) groups excluding carboxylic acids is 2. The molecule has 0 radical (unpaired) electrons. The molecule has 4 bridgehead atoms. The van der Waals surface area contributed by atoms with Gasteiger partial charge in [0.05, 0.1) is 5.41 Å². The van der Waals surface area contributed by atoms with Crippen molar-refractivity contribution < 1.29 is 9.59 Å². The van der Waals surface area contributed by atoms with Crippen LogP contribution in [0.15, 0.2) is 6.20 Å². The number of carbonyl (C=O) groups is 2. The fourth-order valence-corrected chi connectivity index (χ4v) is 7.23. The van der Waals surface area contributed by atoms with Crippen LogP contribution in [0.3, 0.4) is 0 Å². The van der Waals surface area contributed by atoms with Crippen LogP contribution in [0.1, 0.15) is 56.2 Å². The minimum absolute atomic E-state index is 0.0603. The molecular weight excluding hydrogens is 346 g/mol. The van der Waals surface area contributed by atoms with Crippen molar-refractivity contribution in [3.05, 3.63) is 11.1 Å². The molecule has 6 rings (SSSR count). The number of aryl methyl sites for hydroxylation is 1. The summed E-state index contributed by atoms with van der Waals surface area (Å²) in [6.07, 6.45) is 10.7. The van der Waals surface area contributed by atoms with E-state index in [1.807, 2.05) is 11.8 Å². The van der Waals surface area contributed by atoms with Gasteiger partial charge in [-0.15, -0.1) is 11.3 Å². The third-order valence-electron chi connectivity index (χ3n) is 7.16. The maximum absolute atomic E-state index is 13.6. The zero-order valence-electron chi connectivity index (χ0n) is 15.4. The minimum Gasteiger partial charge on any atom is -0.330 e. The van der Waals surface area contributed by atoms with E-state index in [1.165, 1.54) is 30.6 Å². The van der Waals surface area contributed by atoms with Crippen molar-refractivity contribution in [3.63, 3.8) is 0 Å². The second kappa shape index (κ2) is 6.04. The van der Waals surface area contributed by atoms with Crippen molar-refractivity contribution in [3.8, 4) is 0 Å². The normalized spacial score (nSPS) is 38.0. The molecule has 0 unspecified atom stereocenters. The Morgan fingerprint density at radius 1 is 1.19 bits per heavy atom. The molecule has 0 spiro atoms. The fourth-order valence-electron chi connectivity index (χ4n) is 6.56. The quantitative estimate of drug-likeness (QED) is 0.881. The number of nitrogens with one attached hydrogen (secondary N) is 1. The smallest absolute Gasteiger partial charge is 0.248 e. The molecule has 1 N–H and O–H groups in total. The number of thiazole rings is 1. The van der Waals surface area contributed by atoms with Gasteiger partial charge in [0.2, 0.25) is 11.8 Å². The highest BCUT2D eigenvalue weighted by Gasteiger charge is 2.56. The first-order chi connectivity index (χ1) is 12.5. The van der Waals surface area contributed by atoms with Crippen molar-refractivity contribution in [1.29, 1.82) is 0 Å². The molecule has 1 aromatic rings. The summed E-state index contributed by atoms with van der Waals surface area (Å²) in [5.41, 5.74) is -0.157. The van der Waals surface area contributed by atoms with E-state index < -0.39 is 0 Å². The Balaban J connectivity index is 1.34. The van der Waals surface area contributed by atoms with E-state index in [0.717, 1.165) is 61.3 Å². The number of hydrogen-bond acceptors (Lipinski definition) is 4. The van der Waals surface area contributed by atoms with E-state index >= 15 is 0 Å². The van der Waals surface area contributed by atoms with Gasteiger partial charge in [0.1, 0.15) is 6.04 Å². The molecule has 4 saturated carbocycles. The highest BCUT2D eigenvalue weighted by Crippen LogP contribution is 2.60. The van der Waals surface area contributed by atoms with Crippen LogP contribution in [0.5, 0.6) is 0 Å². The van der Waals surface area contributed by atoms with E-state index in [1.54, 1.807) is 6.20 Å². The van der Waals surface area contributed by atoms with Crippen LogP contribution in [0.25, 0.3) is 0 Å². The second-order valence-corrected chi connectivity index (χ2v) is 10.4. The molecule has 140 valence electrons. The van der Waals surface area contributed by atoms with Crippen LogP contribution < -0.4 is 5.32 Å². The van der Waals surface area contributed by atoms with E-state index in [4.69, 9.17) is 0 Å². The van der Waals surface area contributed by atoms with Gasteiger partial charge in [-0.05, 0) is 76.0 Å². The largest absolute Gasteiger partial charge is 0.330 e. The van der Waals surface area contributed by atoms with Gasteiger partial charge in [0.15, 0.2) is 5.13 Å². The molecule has 2 heterocycles. The Labute approximate surface area is 158 Å². The maximum atomic E-state index is 13.6. The van der Waals surface area contributed by atoms with Gasteiger partial charge in [-0.2, -0.15) is 0 Å². The predicted octanol–water partition coefficient (Wildman–Crippen LogP) is 3.60. The molecular formula is C20H27N3O2S. The van der Waals surface area contributed by atoms with E-state index in [0.29, 0.717) is 5.13 Å². The fraction of sp³-hybridized carbons (Fsp3) is 0.750. The number of anilines is 1. The Morgan fingerprint density at radius 2 is 1.85 bits per heavy atom. The van der Waals surface area contributed by atoms with Crippen molar-refractivity contribution >= 4 is 28.3 Å². The summed E-state index contributed by atoms with van der Waals surface area (Å²) in [6.45, 7) is 2.71. The Bertz CT molecular complexity index is 708. The van der Waals surface area contributed by atoms with Crippen molar-refractivity contribution in [1.82, 2.24) is 9.88 Å². The van der Waals surface area contributed by atoms with Crippen molar-refractivity contribution in [2.75, 3.05) is 11.9 Å². The van der Waals surface area contributed by atoms with Crippen LogP contribution in [-0.4, -0.2) is 34.3 Å². The predicted molar refractivity (Wildman–Crippen MR) is 101 cm³/mol. The molecule has 1 aromatic heterocycles. The average molecular weight is 374 g/mol. The molecule has 4 aliphatic carbocycles. The lowest BCUT2D eigenvalue weighted by Gasteiger charge is -2.56. The van der Waals surface area contributed by atoms with Gasteiger partial charge in [-0.25, -0.2) is 4.98 Å². The number of likely N-dealkylation sites (tertiary alicyclic amines) is 1. The Hall–Kier alpha value is -1.43. The van der Waals surface area contributed by atoms with Gasteiger partial charge < -0.3 is 10.2 Å². The van der Waals surface area contributed by atoms with Crippen LogP contribution in [0.2, 0.25) is 0 Å². The molecule has 6 heteroatoms. The lowest BCUT2D eigenvalue weighted by atomic mass is 9.49. The molecule has 5 fully saturated rings. The van der Waals surface area contributed by atoms with Crippen molar-refractivity contribution in [2.24, 2.45) is 23.2 Å². The van der Waals surface area contributed by atoms with E-state index in [2.05, 4.69) is 10.3 Å². The van der Waals surface area contributed by atoms with Crippen LogP contribution in [0, 0.1) is 30.1 Å². The molecule has 1 atom stereocenters. The first kappa shape index (κ1) is 16.7. The molecule has 0 aromatic carbocycles. The van der Waals surface area contributed by atoms with Gasteiger partial charge >= 0.3 is 0 Å². The van der Waals surface area contributed by atoms with Crippen LogP contribution >= 0.6 is 11.3 Å². The molecule has 2 amide bonds. The van der Waals surface area contributed by atoms with Gasteiger partial charge in [0, 0.05) is 17.6 Å². The zero-order chi connectivity index (χ0) is 17.9. The lowest BCUT2D eigenvalue weighted by molar-refractivity contribution is -0.160. The summed E-state index contributed by atoms with van der Waals surface area (Å²) in [6, 6.07) is -0.320. The van der Waals surface area contributed by atoms with Gasteiger partial charge in [-0.3, -0.25) is 9.59 Å². The standard InChI is InChI=1S/C20H27N3O2S/c1-12-11-21-19(26-12)22-17(24)16-3-2-4-23(16)18(25)20-8-13-5-14(9-20)7-15(6-13)10-20/h11,13-16H,2-10H2,1H3,(H,21,22,24)/t13?,14?,15?,16-,20?/m1/s1. The summed E-state index contributed by atoms with van der Waals surface area (Å²) >= 11 is 1.49. The zero-order valence-corrected chi connectivity index (χ0v) is 16.2. The average Bonchev–Trinajstić information content (AvgIpc) is 3.22. The van der Waals surface area contributed by atoms with E-state index in [-0.39, 0.29) is 23.3 Å². The van der Waals surface area contributed by atoms with Crippen LogP contribution in [-0.2, 0) is 9.59 Å². The second-order valence-electron chi connectivity index (χ2n) is 9.12. The number of hydrogen-bond donors (Lipinski definition) is 1. The van der Waals surface area contributed by atoms with Gasteiger partial charge in [0.25, 0.3) is 0 Å². The Morgan fingerprint density at radius 3 is 2.42 bits per heavy atom. The van der Waals surface area contributed by atoms with Crippen LogP contribution in [0.4, 0.5) is 5.13 Å². The SMILES string of the molecule is Cc1cnc(NC(=O)[C@H]2CCCN2C(=O)C23CC4CC(CC(C4)C2)C3)s1. The third-order valence-corrected chi connectivity index (χ3v) is 7.99. The molecule has 5 aliphatic rings. The summed E-state index contributed by atoms with van der Waals surface area (Å²) < 4.78 is 0. The molecule has 5 nitrogen and oxygen atoms in total. The maximum Gasteiger partial charge on any atom is 0.248 e. The molecule has 1 saturated heterocycles. The third kappa shape index (κ3) is 2.68. The minimum atomic E-state index is -0.320. The van der Waals surface area contributed by atoms with Crippen molar-refractivity contribution in [2.45, 2.75) is 64.3 Å². The number of amides is 2. The monoisotopic (exact) mass is 373 g/mol. The number of nitrogens with zero attached hydrogens (tertiary/aromatic N) is 2. The summed E-state index contributed by atoms with van der Waals surface area (Å²) in [5.74, 6) is 2.47. The summed E-state index contributed by atoms with van der Waals surface area (Å²) in [5, 5.41) is 3.58. The highest BCUT2D eigenvalue weighted by atomic mass is 32.1. The number of rotatable bonds is 3. The summed E-state index contributed by atoms with van der Waals surface area (Å²) in [7, 11) is 0. The highest BCUT2D eigenvalue weighted by molar-refractivity contribution is 7.15.